The fourth-order valence-corrected chi connectivity index (χ4v) is 2.29. The van der Waals surface area contributed by atoms with Gasteiger partial charge in [0.15, 0.2) is 0 Å². The Balaban J connectivity index is 1.99. The molecule has 18 heavy (non-hydrogen) atoms. The van der Waals surface area contributed by atoms with E-state index in [1.165, 1.54) is 11.3 Å². The third-order valence-corrected chi connectivity index (χ3v) is 3.43. The summed E-state index contributed by atoms with van der Waals surface area (Å²) >= 11 is 1.32. The molecule has 3 rings (SSSR count). The van der Waals surface area contributed by atoms with Crippen LogP contribution >= 0.6 is 11.3 Å². The van der Waals surface area contributed by atoms with Gasteiger partial charge < -0.3 is 8.94 Å². The summed E-state index contributed by atoms with van der Waals surface area (Å²) in [7, 11) is 0. The van der Waals surface area contributed by atoms with Crippen molar-refractivity contribution in [2.24, 2.45) is 0 Å². The Morgan fingerprint density at radius 2 is 2.22 bits per heavy atom. The summed E-state index contributed by atoms with van der Waals surface area (Å²) in [6.07, 6.45) is 1.58. The zero-order valence-electron chi connectivity index (χ0n) is 9.38. The summed E-state index contributed by atoms with van der Waals surface area (Å²) in [6, 6.07) is 7.39. The Labute approximate surface area is 106 Å². The largest absolute Gasteiger partial charge is 0.469 e. The minimum atomic E-state index is 0.414. The molecule has 0 spiro atoms. The van der Waals surface area contributed by atoms with Crippen LogP contribution in [0, 0.1) is 18.3 Å². The minimum absolute atomic E-state index is 0.414. The normalized spacial score (nSPS) is 10.4. The van der Waals surface area contributed by atoms with E-state index in [-0.39, 0.29) is 0 Å². The predicted octanol–water partition coefficient (Wildman–Crippen LogP) is 3.24. The maximum absolute atomic E-state index is 8.77. The molecule has 0 aliphatic rings. The number of aromatic nitrogens is 2. The quantitative estimate of drug-likeness (QED) is 0.704. The highest BCUT2D eigenvalue weighted by molar-refractivity contribution is 7.15. The van der Waals surface area contributed by atoms with Gasteiger partial charge in [-0.3, -0.25) is 0 Å². The van der Waals surface area contributed by atoms with Crippen LogP contribution in [-0.2, 0) is 0 Å². The van der Waals surface area contributed by atoms with Crippen molar-refractivity contribution in [2.45, 2.75) is 6.92 Å². The van der Waals surface area contributed by atoms with Crippen LogP contribution in [-0.4, -0.2) is 10.1 Å². The Bertz CT molecular complexity index is 732. The van der Waals surface area contributed by atoms with Crippen molar-refractivity contribution in [3.63, 3.8) is 0 Å². The summed E-state index contributed by atoms with van der Waals surface area (Å²) < 4.78 is 10.4. The molecule has 0 aliphatic carbocycles. The van der Waals surface area contributed by atoms with Crippen molar-refractivity contribution >= 4 is 11.3 Å². The minimum Gasteiger partial charge on any atom is -0.469 e. The highest BCUT2D eigenvalue weighted by atomic mass is 32.1. The molecule has 6 heteroatoms. The highest BCUT2D eigenvalue weighted by Gasteiger charge is 2.15. The zero-order valence-corrected chi connectivity index (χ0v) is 10.2. The molecule has 3 aromatic heterocycles. The van der Waals surface area contributed by atoms with Gasteiger partial charge in [0.25, 0.3) is 5.89 Å². The standard InChI is InChI=1S/C12H7N3O2S/c1-7-9(4-5-16-7)11-14-12(17-15-11)10-3-2-8(6-13)18-10/h2-5H,1H3. The van der Waals surface area contributed by atoms with Crippen molar-refractivity contribution in [3.05, 3.63) is 35.1 Å². The summed E-state index contributed by atoms with van der Waals surface area (Å²) in [4.78, 5) is 5.69. The summed E-state index contributed by atoms with van der Waals surface area (Å²) in [5, 5.41) is 12.7. The predicted molar refractivity (Wildman–Crippen MR) is 64.8 cm³/mol. The molecule has 0 N–H and O–H groups in total. The van der Waals surface area contributed by atoms with Crippen molar-refractivity contribution in [2.75, 3.05) is 0 Å². The fraction of sp³-hybridized carbons (Fsp3) is 0.0833. The van der Waals surface area contributed by atoms with Crippen LogP contribution in [0.5, 0.6) is 0 Å². The average molecular weight is 257 g/mol. The molecule has 0 saturated heterocycles. The number of hydrogen-bond acceptors (Lipinski definition) is 6. The molecule has 0 unspecified atom stereocenters. The third-order valence-electron chi connectivity index (χ3n) is 2.45. The lowest BCUT2D eigenvalue weighted by molar-refractivity contribution is 0.433. The first-order valence-electron chi connectivity index (χ1n) is 5.16. The van der Waals surface area contributed by atoms with Gasteiger partial charge in [-0.1, -0.05) is 5.16 Å². The molecular weight excluding hydrogens is 250 g/mol. The molecule has 0 amide bonds. The average Bonchev–Trinajstić information content (AvgIpc) is 3.07. The number of aryl methyl sites for hydroxylation is 1. The van der Waals surface area contributed by atoms with Gasteiger partial charge in [0.1, 0.15) is 16.7 Å². The Morgan fingerprint density at radius 3 is 2.89 bits per heavy atom. The highest BCUT2D eigenvalue weighted by Crippen LogP contribution is 2.29. The Kier molecular flexibility index (Phi) is 2.46. The van der Waals surface area contributed by atoms with Crippen LogP contribution in [0.4, 0.5) is 0 Å². The lowest BCUT2D eigenvalue weighted by Crippen LogP contribution is -1.79. The lowest BCUT2D eigenvalue weighted by Gasteiger charge is -1.87. The van der Waals surface area contributed by atoms with E-state index in [0.717, 1.165) is 16.2 Å². The molecule has 0 fully saturated rings. The van der Waals surface area contributed by atoms with E-state index in [4.69, 9.17) is 14.2 Å². The van der Waals surface area contributed by atoms with Crippen LogP contribution in [0.25, 0.3) is 22.2 Å². The van der Waals surface area contributed by atoms with Crippen molar-refractivity contribution in [1.29, 1.82) is 5.26 Å². The second kappa shape index (κ2) is 4.13. The molecule has 0 atom stereocenters. The van der Waals surface area contributed by atoms with Crippen LogP contribution in [0.3, 0.4) is 0 Å². The van der Waals surface area contributed by atoms with Crippen molar-refractivity contribution in [3.8, 4) is 28.2 Å². The zero-order chi connectivity index (χ0) is 12.5. The van der Waals surface area contributed by atoms with Gasteiger partial charge in [0.2, 0.25) is 5.82 Å². The van der Waals surface area contributed by atoms with Crippen LogP contribution in [0.2, 0.25) is 0 Å². The van der Waals surface area contributed by atoms with Gasteiger partial charge in [-0.25, -0.2) is 0 Å². The van der Waals surface area contributed by atoms with E-state index >= 15 is 0 Å². The monoisotopic (exact) mass is 257 g/mol. The fourth-order valence-electron chi connectivity index (χ4n) is 1.56. The Morgan fingerprint density at radius 1 is 1.33 bits per heavy atom. The molecule has 3 aromatic rings. The van der Waals surface area contributed by atoms with E-state index in [1.54, 1.807) is 24.5 Å². The molecule has 0 aromatic carbocycles. The SMILES string of the molecule is Cc1occc1-c1noc(-c2ccc(C#N)s2)n1. The van der Waals surface area contributed by atoms with Gasteiger partial charge in [0.05, 0.1) is 16.7 Å². The molecular formula is C12H7N3O2S. The maximum atomic E-state index is 8.77. The second-order valence-electron chi connectivity index (χ2n) is 3.59. The third kappa shape index (κ3) is 1.71. The Hall–Kier alpha value is -2.39. The second-order valence-corrected chi connectivity index (χ2v) is 4.67. The molecule has 0 radical (unpaired) electrons. The molecule has 0 saturated carbocycles. The smallest absolute Gasteiger partial charge is 0.268 e. The van der Waals surface area contributed by atoms with Crippen LogP contribution in [0.1, 0.15) is 10.6 Å². The number of thiophene rings is 1. The number of rotatable bonds is 2. The first-order chi connectivity index (χ1) is 8.78. The maximum Gasteiger partial charge on any atom is 0.268 e. The van der Waals surface area contributed by atoms with Crippen molar-refractivity contribution in [1.82, 2.24) is 10.1 Å². The van der Waals surface area contributed by atoms with Gasteiger partial charge >= 0.3 is 0 Å². The van der Waals surface area contributed by atoms with Gasteiger partial charge in [-0.05, 0) is 25.1 Å². The van der Waals surface area contributed by atoms with Crippen molar-refractivity contribution < 1.29 is 8.94 Å². The van der Waals surface area contributed by atoms with E-state index in [1.807, 2.05) is 6.92 Å². The molecule has 3 heterocycles. The summed E-state index contributed by atoms with van der Waals surface area (Å²) in [5.74, 6) is 1.64. The molecule has 88 valence electrons. The topological polar surface area (TPSA) is 75.8 Å². The molecule has 5 nitrogen and oxygen atoms in total. The van der Waals surface area contributed by atoms with E-state index in [9.17, 15) is 0 Å². The lowest BCUT2D eigenvalue weighted by atomic mass is 10.2. The van der Waals surface area contributed by atoms with E-state index in [2.05, 4.69) is 16.2 Å². The number of nitrogens with zero attached hydrogens (tertiary/aromatic N) is 3. The summed E-state index contributed by atoms with van der Waals surface area (Å²) in [6.45, 7) is 1.84. The number of hydrogen-bond donors (Lipinski definition) is 0. The van der Waals surface area contributed by atoms with Gasteiger partial charge in [0, 0.05) is 0 Å². The van der Waals surface area contributed by atoms with Crippen LogP contribution in [0.15, 0.2) is 33.4 Å². The summed E-state index contributed by atoms with van der Waals surface area (Å²) in [5.41, 5.74) is 0.807. The van der Waals surface area contributed by atoms with Gasteiger partial charge in [-0.15, -0.1) is 11.3 Å². The van der Waals surface area contributed by atoms with Gasteiger partial charge in [-0.2, -0.15) is 10.2 Å². The number of furan rings is 1. The first kappa shape index (κ1) is 10.7. The molecule has 0 bridgehead atoms. The van der Waals surface area contributed by atoms with E-state index < -0.39 is 0 Å². The van der Waals surface area contributed by atoms with E-state index in [0.29, 0.717) is 16.6 Å². The number of nitriles is 1. The first-order valence-corrected chi connectivity index (χ1v) is 5.98. The molecule has 0 aliphatic heterocycles. The van der Waals surface area contributed by atoms with Crippen LogP contribution < -0.4 is 0 Å².